The molecule has 0 amide bonds. The minimum Gasteiger partial charge on any atom is -0.384 e. The fourth-order valence-electron chi connectivity index (χ4n) is 2.55. The van der Waals surface area contributed by atoms with Crippen molar-refractivity contribution in [3.63, 3.8) is 0 Å². The maximum absolute atomic E-state index is 12.6. The van der Waals surface area contributed by atoms with Crippen molar-refractivity contribution in [2.75, 3.05) is 11.9 Å². The Kier molecular flexibility index (Phi) is 3.11. The van der Waals surface area contributed by atoms with Crippen LogP contribution >= 0.6 is 0 Å². The van der Waals surface area contributed by atoms with Gasteiger partial charge in [-0.3, -0.25) is 9.59 Å². The number of carbonyl (C=O) groups is 2. The van der Waals surface area contributed by atoms with Gasteiger partial charge in [0.15, 0.2) is 11.6 Å². The van der Waals surface area contributed by atoms with Crippen molar-refractivity contribution in [3.05, 3.63) is 64.7 Å². The van der Waals surface area contributed by atoms with Crippen LogP contribution in [0.5, 0.6) is 0 Å². The molecule has 0 spiro atoms. The number of anilines is 1. The largest absolute Gasteiger partial charge is 0.384 e. The highest BCUT2D eigenvalue weighted by atomic mass is 16.1. The average molecular weight is 265 g/mol. The third-order valence-electron chi connectivity index (χ3n) is 3.52. The monoisotopic (exact) mass is 265 g/mol. The molecular formula is C17H15NO2. The molecule has 0 bridgehead atoms. The minimum absolute atomic E-state index is 0.0738. The molecule has 2 aromatic carbocycles. The van der Waals surface area contributed by atoms with Gasteiger partial charge < -0.3 is 5.32 Å². The summed E-state index contributed by atoms with van der Waals surface area (Å²) in [5, 5.41) is 3.23. The number of hydrogen-bond donors (Lipinski definition) is 1. The summed E-state index contributed by atoms with van der Waals surface area (Å²) in [5.74, 6) is -0.148. The highest BCUT2D eigenvalue weighted by Gasteiger charge is 2.30. The lowest BCUT2D eigenvalue weighted by molar-refractivity contribution is 0.0979. The van der Waals surface area contributed by atoms with Crippen molar-refractivity contribution in [1.82, 2.24) is 0 Å². The van der Waals surface area contributed by atoms with E-state index in [1.54, 1.807) is 30.3 Å². The third-order valence-corrected chi connectivity index (χ3v) is 3.52. The molecule has 3 heteroatoms. The maximum Gasteiger partial charge on any atom is 0.196 e. The molecule has 0 saturated carbocycles. The van der Waals surface area contributed by atoms with E-state index in [2.05, 4.69) is 12.2 Å². The van der Waals surface area contributed by atoms with E-state index in [1.165, 1.54) is 0 Å². The molecule has 0 radical (unpaired) electrons. The van der Waals surface area contributed by atoms with Gasteiger partial charge in [-0.05, 0) is 12.5 Å². The van der Waals surface area contributed by atoms with Crippen LogP contribution in [-0.4, -0.2) is 18.1 Å². The van der Waals surface area contributed by atoms with Crippen LogP contribution in [0.15, 0.2) is 42.5 Å². The van der Waals surface area contributed by atoms with Gasteiger partial charge in [-0.25, -0.2) is 0 Å². The van der Waals surface area contributed by atoms with E-state index in [-0.39, 0.29) is 11.6 Å². The molecular weight excluding hydrogens is 250 g/mol. The van der Waals surface area contributed by atoms with Crippen molar-refractivity contribution in [2.45, 2.75) is 13.3 Å². The van der Waals surface area contributed by atoms with Crippen molar-refractivity contribution >= 4 is 17.3 Å². The molecule has 3 rings (SSSR count). The SMILES string of the molecule is CCCNc1cccc2c1C(=O)c1ccccc1C2=O. The van der Waals surface area contributed by atoms with E-state index in [0.29, 0.717) is 22.3 Å². The van der Waals surface area contributed by atoms with E-state index in [0.717, 1.165) is 18.7 Å². The fourth-order valence-corrected chi connectivity index (χ4v) is 2.55. The van der Waals surface area contributed by atoms with Crippen molar-refractivity contribution in [1.29, 1.82) is 0 Å². The lowest BCUT2D eigenvalue weighted by Crippen LogP contribution is -2.22. The summed E-state index contributed by atoms with van der Waals surface area (Å²) in [4.78, 5) is 25.1. The van der Waals surface area contributed by atoms with Gasteiger partial charge in [0.1, 0.15) is 0 Å². The zero-order valence-corrected chi connectivity index (χ0v) is 11.3. The third kappa shape index (κ3) is 1.83. The second-order valence-corrected chi connectivity index (χ2v) is 4.86. The average Bonchev–Trinajstić information content (AvgIpc) is 2.50. The minimum atomic E-state index is -0.0746. The molecule has 0 aromatic heterocycles. The Morgan fingerprint density at radius 3 is 2.20 bits per heavy atom. The number of carbonyl (C=O) groups excluding carboxylic acids is 2. The summed E-state index contributed by atoms with van der Waals surface area (Å²) in [5.41, 5.74) is 2.74. The predicted octanol–water partition coefficient (Wildman–Crippen LogP) is 3.28. The lowest BCUT2D eigenvalue weighted by atomic mass is 9.83. The van der Waals surface area contributed by atoms with E-state index in [4.69, 9.17) is 0 Å². The lowest BCUT2D eigenvalue weighted by Gasteiger charge is -2.20. The van der Waals surface area contributed by atoms with Crippen molar-refractivity contribution in [2.24, 2.45) is 0 Å². The van der Waals surface area contributed by atoms with Crippen LogP contribution in [0.1, 0.15) is 45.2 Å². The number of nitrogens with one attached hydrogen (secondary N) is 1. The van der Waals surface area contributed by atoms with Crippen LogP contribution in [0.2, 0.25) is 0 Å². The van der Waals surface area contributed by atoms with E-state index < -0.39 is 0 Å². The van der Waals surface area contributed by atoms with Crippen LogP contribution in [0.3, 0.4) is 0 Å². The number of hydrogen-bond acceptors (Lipinski definition) is 3. The van der Waals surface area contributed by atoms with E-state index >= 15 is 0 Å². The second-order valence-electron chi connectivity index (χ2n) is 4.86. The molecule has 0 fully saturated rings. The zero-order chi connectivity index (χ0) is 14.1. The van der Waals surface area contributed by atoms with Crippen LogP contribution in [0, 0.1) is 0 Å². The van der Waals surface area contributed by atoms with Gasteiger partial charge in [-0.15, -0.1) is 0 Å². The molecule has 3 nitrogen and oxygen atoms in total. The van der Waals surface area contributed by atoms with Crippen LogP contribution in [0.25, 0.3) is 0 Å². The summed E-state index contributed by atoms with van der Waals surface area (Å²) >= 11 is 0. The number of rotatable bonds is 3. The highest BCUT2D eigenvalue weighted by Crippen LogP contribution is 2.31. The van der Waals surface area contributed by atoms with Gasteiger partial charge in [0.25, 0.3) is 0 Å². The summed E-state index contributed by atoms with van der Waals surface area (Å²) in [6.45, 7) is 2.84. The van der Waals surface area contributed by atoms with E-state index in [1.807, 2.05) is 12.1 Å². The summed E-state index contributed by atoms with van der Waals surface area (Å²) in [6, 6.07) is 12.4. The highest BCUT2D eigenvalue weighted by molar-refractivity contribution is 6.30. The molecule has 1 aliphatic rings. The van der Waals surface area contributed by atoms with Gasteiger partial charge in [0.05, 0.1) is 5.56 Å². The van der Waals surface area contributed by atoms with Gasteiger partial charge in [-0.1, -0.05) is 43.3 Å². The Morgan fingerprint density at radius 1 is 0.850 bits per heavy atom. The molecule has 1 N–H and O–H groups in total. The zero-order valence-electron chi connectivity index (χ0n) is 11.3. The molecule has 1 aliphatic carbocycles. The Morgan fingerprint density at radius 2 is 1.50 bits per heavy atom. The first-order chi connectivity index (χ1) is 9.74. The van der Waals surface area contributed by atoms with Crippen LogP contribution in [-0.2, 0) is 0 Å². The van der Waals surface area contributed by atoms with Gasteiger partial charge in [0.2, 0.25) is 0 Å². The number of fused-ring (bicyclic) bond motifs is 2. The molecule has 0 heterocycles. The van der Waals surface area contributed by atoms with Crippen LogP contribution in [0.4, 0.5) is 5.69 Å². The number of benzene rings is 2. The number of ketones is 2. The molecule has 2 aromatic rings. The van der Waals surface area contributed by atoms with Gasteiger partial charge in [-0.2, -0.15) is 0 Å². The maximum atomic E-state index is 12.6. The van der Waals surface area contributed by atoms with Gasteiger partial charge in [0, 0.05) is 28.9 Å². The Bertz CT molecular complexity index is 704. The van der Waals surface area contributed by atoms with Crippen LogP contribution < -0.4 is 5.32 Å². The van der Waals surface area contributed by atoms with Crippen molar-refractivity contribution in [3.8, 4) is 0 Å². The topological polar surface area (TPSA) is 46.2 Å². The van der Waals surface area contributed by atoms with Gasteiger partial charge >= 0.3 is 0 Å². The fraction of sp³-hybridized carbons (Fsp3) is 0.176. The quantitative estimate of drug-likeness (QED) is 0.790. The molecule has 20 heavy (non-hydrogen) atoms. The summed E-state index contributed by atoms with van der Waals surface area (Å²) in [7, 11) is 0. The Hall–Kier alpha value is -2.42. The first-order valence-corrected chi connectivity index (χ1v) is 6.79. The predicted molar refractivity (Wildman–Crippen MR) is 78.5 cm³/mol. The molecule has 0 unspecified atom stereocenters. The summed E-state index contributed by atoms with van der Waals surface area (Å²) < 4.78 is 0. The Labute approximate surface area is 117 Å². The first-order valence-electron chi connectivity index (χ1n) is 6.79. The first kappa shape index (κ1) is 12.6. The standard InChI is InChI=1S/C17H15NO2/c1-2-10-18-14-9-5-8-13-15(14)17(20)12-7-4-3-6-11(12)16(13)19/h3-9,18H,2,10H2,1H3. The summed E-state index contributed by atoms with van der Waals surface area (Å²) in [6.07, 6.45) is 0.961. The molecule has 0 saturated heterocycles. The smallest absolute Gasteiger partial charge is 0.196 e. The normalized spacial score (nSPS) is 12.8. The second kappa shape index (κ2) is 4.93. The molecule has 0 atom stereocenters. The molecule has 0 aliphatic heterocycles. The molecule has 100 valence electrons. The Balaban J connectivity index is 2.18. The van der Waals surface area contributed by atoms with E-state index in [9.17, 15) is 9.59 Å². The van der Waals surface area contributed by atoms with Crippen molar-refractivity contribution < 1.29 is 9.59 Å².